The van der Waals surface area contributed by atoms with Crippen molar-refractivity contribution >= 4 is 54.4 Å². The molecule has 1 aliphatic carbocycles. The maximum atomic E-state index is 9.79. The lowest BCUT2D eigenvalue weighted by molar-refractivity contribution is 0.126. The molecule has 3 N–H and O–H groups in total. The highest BCUT2D eigenvalue weighted by atomic mass is 79.9. The van der Waals surface area contributed by atoms with Crippen LogP contribution in [-0.2, 0) is 6.54 Å². The van der Waals surface area contributed by atoms with Gasteiger partial charge in [-0.3, -0.25) is 4.90 Å². The fraction of sp³-hybridized carbons (Fsp3) is 0.500. The molecule has 0 bridgehead atoms. The second-order valence-corrected chi connectivity index (χ2v) is 9.88. The van der Waals surface area contributed by atoms with Gasteiger partial charge in [0.2, 0.25) is 5.95 Å². The number of benzene rings is 1. The average molecular weight is 505 g/mol. The molecular formula is C22H29BrN6OS. The van der Waals surface area contributed by atoms with Crippen LogP contribution in [0.4, 0.5) is 16.9 Å². The third kappa shape index (κ3) is 5.91. The van der Waals surface area contributed by atoms with Crippen LogP contribution in [0, 0.1) is 0 Å². The van der Waals surface area contributed by atoms with Gasteiger partial charge in [-0.2, -0.15) is 4.98 Å². The summed E-state index contributed by atoms with van der Waals surface area (Å²) >= 11 is 5.13. The monoisotopic (exact) mass is 504 g/mol. The van der Waals surface area contributed by atoms with E-state index in [1.807, 2.05) is 18.2 Å². The number of fused-ring (bicyclic) bond motifs is 1. The molecule has 166 valence electrons. The van der Waals surface area contributed by atoms with E-state index in [-0.39, 0.29) is 6.10 Å². The van der Waals surface area contributed by atoms with E-state index in [0.717, 1.165) is 76.7 Å². The van der Waals surface area contributed by atoms with Gasteiger partial charge in [0.25, 0.3) is 0 Å². The van der Waals surface area contributed by atoms with Crippen molar-refractivity contribution in [1.29, 1.82) is 0 Å². The number of rotatable bonds is 8. The Morgan fingerprint density at radius 1 is 1.10 bits per heavy atom. The minimum atomic E-state index is -0.177. The second-order valence-electron chi connectivity index (χ2n) is 7.94. The van der Waals surface area contributed by atoms with E-state index in [1.54, 1.807) is 11.3 Å². The van der Waals surface area contributed by atoms with Gasteiger partial charge in [0.15, 0.2) is 5.13 Å². The number of aliphatic hydroxyl groups excluding tert-OH is 1. The smallest absolute Gasteiger partial charge is 0.225 e. The summed E-state index contributed by atoms with van der Waals surface area (Å²) in [7, 11) is 0. The van der Waals surface area contributed by atoms with E-state index in [9.17, 15) is 5.11 Å². The van der Waals surface area contributed by atoms with Crippen molar-refractivity contribution in [2.24, 2.45) is 0 Å². The van der Waals surface area contributed by atoms with Gasteiger partial charge in [-0.25, -0.2) is 9.97 Å². The first kappa shape index (κ1) is 22.4. The van der Waals surface area contributed by atoms with Gasteiger partial charge in [-0.1, -0.05) is 41.1 Å². The summed E-state index contributed by atoms with van der Waals surface area (Å²) in [5, 5.41) is 17.5. The maximum Gasteiger partial charge on any atom is 0.225 e. The van der Waals surface area contributed by atoms with Crippen LogP contribution in [0.15, 0.2) is 28.7 Å². The molecule has 9 heteroatoms. The zero-order valence-electron chi connectivity index (χ0n) is 17.9. The van der Waals surface area contributed by atoms with E-state index >= 15 is 0 Å². The molecule has 0 amide bonds. The quantitative estimate of drug-likeness (QED) is 0.390. The molecular weight excluding hydrogens is 476 g/mol. The molecule has 1 aromatic carbocycles. The van der Waals surface area contributed by atoms with Crippen LogP contribution < -0.4 is 10.6 Å². The third-order valence-corrected chi connectivity index (χ3v) is 7.10. The highest BCUT2D eigenvalue weighted by molar-refractivity contribution is 9.10. The lowest BCUT2D eigenvalue weighted by Crippen LogP contribution is -2.29. The van der Waals surface area contributed by atoms with E-state index in [1.165, 1.54) is 0 Å². The lowest BCUT2D eigenvalue weighted by atomic mass is 9.93. The fourth-order valence-corrected chi connectivity index (χ4v) is 5.27. The standard InChI is InChI=1S/C22H29BrN6OS/c1-3-29(4-2)13-16-12-20(27-21(25-16)24-15-6-8-17(30)9-7-15)28-22-26-18-10-5-14(23)11-19(18)31-22/h5,10-12,15,17,30H,3-4,6-9,13H2,1-2H3,(H2,24,25,26,27,28). The van der Waals surface area contributed by atoms with Crippen LogP contribution in [0.1, 0.15) is 45.2 Å². The van der Waals surface area contributed by atoms with Crippen LogP contribution in [0.2, 0.25) is 0 Å². The first-order valence-electron chi connectivity index (χ1n) is 10.9. The van der Waals surface area contributed by atoms with Crippen molar-refractivity contribution in [3.05, 3.63) is 34.4 Å². The number of thiazole rings is 1. The largest absolute Gasteiger partial charge is 0.393 e. The predicted molar refractivity (Wildman–Crippen MR) is 131 cm³/mol. The molecule has 3 aromatic rings. The Hall–Kier alpha value is -1.81. The molecule has 0 saturated heterocycles. The summed E-state index contributed by atoms with van der Waals surface area (Å²) < 4.78 is 2.16. The zero-order valence-corrected chi connectivity index (χ0v) is 20.3. The maximum absolute atomic E-state index is 9.79. The number of nitrogens with one attached hydrogen (secondary N) is 2. The first-order valence-corrected chi connectivity index (χ1v) is 12.5. The Balaban J connectivity index is 1.57. The van der Waals surface area contributed by atoms with Crippen molar-refractivity contribution in [3.8, 4) is 0 Å². The Bertz CT molecular complexity index is 1020. The van der Waals surface area contributed by atoms with Crippen molar-refractivity contribution < 1.29 is 5.11 Å². The van der Waals surface area contributed by atoms with E-state index in [2.05, 4.69) is 51.4 Å². The molecule has 4 rings (SSSR count). The van der Waals surface area contributed by atoms with Crippen molar-refractivity contribution in [3.63, 3.8) is 0 Å². The van der Waals surface area contributed by atoms with Crippen LogP contribution in [0.5, 0.6) is 0 Å². The summed E-state index contributed by atoms with van der Waals surface area (Å²) in [6, 6.07) is 8.39. The topological polar surface area (TPSA) is 86.2 Å². The van der Waals surface area contributed by atoms with E-state index in [4.69, 9.17) is 15.0 Å². The number of hydrogen-bond donors (Lipinski definition) is 3. The number of hydrogen-bond acceptors (Lipinski definition) is 8. The first-order chi connectivity index (χ1) is 15.0. The number of aromatic nitrogens is 3. The summed E-state index contributed by atoms with van der Waals surface area (Å²) in [5.41, 5.74) is 1.94. The Kier molecular flexibility index (Phi) is 7.37. The van der Waals surface area contributed by atoms with Crippen LogP contribution in [0.3, 0.4) is 0 Å². The average Bonchev–Trinajstić information content (AvgIpc) is 3.14. The van der Waals surface area contributed by atoms with Gasteiger partial charge in [-0.05, 0) is 57.0 Å². The summed E-state index contributed by atoms with van der Waals surface area (Å²) in [6.07, 6.45) is 3.33. The molecule has 2 aromatic heterocycles. The van der Waals surface area contributed by atoms with Gasteiger partial charge >= 0.3 is 0 Å². The van der Waals surface area contributed by atoms with Gasteiger partial charge in [-0.15, -0.1) is 0 Å². The molecule has 1 saturated carbocycles. The van der Waals surface area contributed by atoms with Gasteiger partial charge < -0.3 is 15.7 Å². The molecule has 0 radical (unpaired) electrons. The minimum absolute atomic E-state index is 0.177. The van der Waals surface area contributed by atoms with Gasteiger partial charge in [0, 0.05) is 23.1 Å². The molecule has 7 nitrogen and oxygen atoms in total. The number of aliphatic hydroxyl groups is 1. The molecule has 31 heavy (non-hydrogen) atoms. The lowest BCUT2D eigenvalue weighted by Gasteiger charge is -2.26. The summed E-state index contributed by atoms with van der Waals surface area (Å²) in [4.78, 5) is 16.5. The van der Waals surface area contributed by atoms with E-state index < -0.39 is 0 Å². The Morgan fingerprint density at radius 3 is 2.61 bits per heavy atom. The summed E-state index contributed by atoms with van der Waals surface area (Å²) in [6.45, 7) is 7.04. The van der Waals surface area contributed by atoms with E-state index in [0.29, 0.717) is 12.0 Å². The van der Waals surface area contributed by atoms with Crippen molar-refractivity contribution in [2.45, 2.75) is 58.2 Å². The fourth-order valence-electron chi connectivity index (χ4n) is 3.85. The van der Waals surface area contributed by atoms with Crippen molar-refractivity contribution in [1.82, 2.24) is 19.9 Å². The van der Waals surface area contributed by atoms with Gasteiger partial charge in [0.1, 0.15) is 5.82 Å². The third-order valence-electron chi connectivity index (χ3n) is 5.67. The van der Waals surface area contributed by atoms with Crippen LogP contribution >= 0.6 is 27.3 Å². The molecule has 0 spiro atoms. The molecule has 0 atom stereocenters. The molecule has 0 aliphatic heterocycles. The van der Waals surface area contributed by atoms with Crippen LogP contribution in [-0.4, -0.2) is 50.2 Å². The number of halogens is 1. The molecule has 0 unspecified atom stereocenters. The van der Waals surface area contributed by atoms with Gasteiger partial charge in [0.05, 0.1) is 22.0 Å². The minimum Gasteiger partial charge on any atom is -0.393 e. The van der Waals surface area contributed by atoms with Crippen molar-refractivity contribution in [2.75, 3.05) is 23.7 Å². The SMILES string of the molecule is CCN(CC)Cc1cc(Nc2nc3ccc(Br)cc3s2)nc(NC2CCC(O)CC2)n1. The Labute approximate surface area is 195 Å². The highest BCUT2D eigenvalue weighted by Crippen LogP contribution is 2.30. The molecule has 1 fully saturated rings. The number of nitrogens with zero attached hydrogens (tertiary/aromatic N) is 4. The summed E-state index contributed by atoms with van der Waals surface area (Å²) in [5.74, 6) is 1.38. The second kappa shape index (κ2) is 10.2. The molecule has 1 aliphatic rings. The number of anilines is 3. The van der Waals surface area contributed by atoms with Crippen LogP contribution in [0.25, 0.3) is 10.2 Å². The predicted octanol–water partition coefficient (Wildman–Crippen LogP) is 5.15. The Morgan fingerprint density at radius 2 is 1.87 bits per heavy atom. The zero-order chi connectivity index (χ0) is 21.8. The highest BCUT2D eigenvalue weighted by Gasteiger charge is 2.20. The molecule has 2 heterocycles. The normalized spacial score (nSPS) is 19.1.